The fourth-order valence-electron chi connectivity index (χ4n) is 1.15. The van der Waals surface area contributed by atoms with Crippen LogP contribution in [0.1, 0.15) is 5.82 Å². The molecular weight excluding hydrogens is 230 g/mol. The van der Waals surface area contributed by atoms with E-state index in [1.54, 1.807) is 12.4 Å². The molecule has 13 heavy (non-hydrogen) atoms. The summed E-state index contributed by atoms with van der Waals surface area (Å²) in [5.74, 6) is 1.81. The van der Waals surface area contributed by atoms with Gasteiger partial charge in [0.1, 0.15) is 11.6 Å². The van der Waals surface area contributed by atoms with Crippen LogP contribution in [0.4, 0.5) is 0 Å². The predicted octanol–water partition coefficient (Wildman–Crippen LogP) is 2.34. The van der Waals surface area contributed by atoms with E-state index in [9.17, 15) is 0 Å². The van der Waals surface area contributed by atoms with E-state index >= 15 is 0 Å². The number of nitrogens with zero attached hydrogens (tertiary/aromatic N) is 3. The standard InChI is InChI=1S/C9H8BrN3/c1-7-11-4-5-13(7)9-6-8(10)2-3-12-9/h2-6H,1H3. The Balaban J connectivity index is 2.53. The molecular formula is C9H8BrN3. The topological polar surface area (TPSA) is 30.7 Å². The molecule has 0 N–H and O–H groups in total. The summed E-state index contributed by atoms with van der Waals surface area (Å²) in [6, 6.07) is 3.85. The first kappa shape index (κ1) is 8.44. The zero-order chi connectivity index (χ0) is 9.26. The van der Waals surface area contributed by atoms with Crippen LogP contribution in [0.5, 0.6) is 0 Å². The third-order valence-electron chi connectivity index (χ3n) is 1.78. The molecule has 0 spiro atoms. The van der Waals surface area contributed by atoms with Crippen LogP contribution in [0.25, 0.3) is 5.82 Å². The average molecular weight is 238 g/mol. The summed E-state index contributed by atoms with van der Waals surface area (Å²) in [4.78, 5) is 8.37. The molecule has 3 nitrogen and oxygen atoms in total. The Morgan fingerprint density at radius 3 is 2.77 bits per heavy atom. The maximum atomic E-state index is 4.24. The summed E-state index contributed by atoms with van der Waals surface area (Å²) >= 11 is 3.40. The number of aryl methyl sites for hydroxylation is 1. The van der Waals surface area contributed by atoms with Gasteiger partial charge in [-0.2, -0.15) is 0 Å². The fraction of sp³-hybridized carbons (Fsp3) is 0.111. The lowest BCUT2D eigenvalue weighted by Gasteiger charge is -2.02. The Morgan fingerprint density at radius 2 is 2.15 bits per heavy atom. The summed E-state index contributed by atoms with van der Waals surface area (Å²) in [7, 11) is 0. The summed E-state index contributed by atoms with van der Waals surface area (Å²) in [5.41, 5.74) is 0. The second-order valence-electron chi connectivity index (χ2n) is 2.68. The Labute approximate surface area is 84.6 Å². The highest BCUT2D eigenvalue weighted by Gasteiger charge is 2.00. The van der Waals surface area contributed by atoms with Crippen molar-refractivity contribution in [2.45, 2.75) is 6.92 Å². The van der Waals surface area contributed by atoms with Crippen molar-refractivity contribution in [3.8, 4) is 5.82 Å². The van der Waals surface area contributed by atoms with E-state index in [1.165, 1.54) is 0 Å². The summed E-state index contributed by atoms with van der Waals surface area (Å²) in [5, 5.41) is 0. The minimum atomic E-state index is 0.879. The molecule has 2 heterocycles. The van der Waals surface area contributed by atoms with E-state index < -0.39 is 0 Å². The number of imidazole rings is 1. The van der Waals surface area contributed by atoms with E-state index in [0.717, 1.165) is 16.1 Å². The lowest BCUT2D eigenvalue weighted by molar-refractivity contribution is 0.931. The van der Waals surface area contributed by atoms with Gasteiger partial charge in [0, 0.05) is 23.1 Å². The third-order valence-corrected chi connectivity index (χ3v) is 2.27. The first-order chi connectivity index (χ1) is 6.27. The average Bonchev–Trinajstić information content (AvgIpc) is 2.51. The van der Waals surface area contributed by atoms with Gasteiger partial charge in [0.05, 0.1) is 0 Å². The molecule has 0 saturated heterocycles. The molecule has 0 aliphatic carbocycles. The van der Waals surface area contributed by atoms with Gasteiger partial charge in [-0.15, -0.1) is 0 Å². The Bertz CT molecular complexity index is 422. The number of halogens is 1. The van der Waals surface area contributed by atoms with Gasteiger partial charge in [-0.05, 0) is 19.1 Å². The Morgan fingerprint density at radius 1 is 1.31 bits per heavy atom. The molecule has 0 aliphatic rings. The van der Waals surface area contributed by atoms with E-state index in [-0.39, 0.29) is 0 Å². The molecule has 0 unspecified atom stereocenters. The van der Waals surface area contributed by atoms with Crippen molar-refractivity contribution < 1.29 is 0 Å². The quantitative estimate of drug-likeness (QED) is 0.763. The monoisotopic (exact) mass is 237 g/mol. The number of hydrogen-bond acceptors (Lipinski definition) is 2. The lowest BCUT2D eigenvalue weighted by Crippen LogP contribution is -1.97. The van der Waals surface area contributed by atoms with Gasteiger partial charge in [-0.25, -0.2) is 9.97 Å². The molecule has 0 aromatic carbocycles. The van der Waals surface area contributed by atoms with Gasteiger partial charge in [0.15, 0.2) is 0 Å². The highest BCUT2D eigenvalue weighted by molar-refractivity contribution is 9.10. The summed E-state index contributed by atoms with van der Waals surface area (Å²) in [6.07, 6.45) is 5.42. The van der Waals surface area contributed by atoms with Crippen LogP contribution in [0.2, 0.25) is 0 Å². The van der Waals surface area contributed by atoms with E-state index in [4.69, 9.17) is 0 Å². The van der Waals surface area contributed by atoms with Gasteiger partial charge in [0.25, 0.3) is 0 Å². The normalized spacial score (nSPS) is 10.3. The van der Waals surface area contributed by atoms with Crippen molar-refractivity contribution in [1.82, 2.24) is 14.5 Å². The molecule has 2 rings (SSSR count). The molecule has 0 amide bonds. The van der Waals surface area contributed by atoms with Crippen LogP contribution in [-0.2, 0) is 0 Å². The van der Waals surface area contributed by atoms with Crippen LogP contribution in [0.3, 0.4) is 0 Å². The second kappa shape index (κ2) is 3.30. The highest BCUT2D eigenvalue weighted by Crippen LogP contribution is 2.13. The van der Waals surface area contributed by atoms with Crippen molar-refractivity contribution in [3.05, 3.63) is 41.0 Å². The summed E-state index contributed by atoms with van der Waals surface area (Å²) < 4.78 is 2.95. The summed E-state index contributed by atoms with van der Waals surface area (Å²) in [6.45, 7) is 1.95. The van der Waals surface area contributed by atoms with E-state index in [1.807, 2.05) is 29.8 Å². The van der Waals surface area contributed by atoms with Crippen molar-refractivity contribution in [2.24, 2.45) is 0 Å². The third kappa shape index (κ3) is 1.62. The highest BCUT2D eigenvalue weighted by atomic mass is 79.9. The second-order valence-corrected chi connectivity index (χ2v) is 3.59. The number of aromatic nitrogens is 3. The van der Waals surface area contributed by atoms with Crippen molar-refractivity contribution in [3.63, 3.8) is 0 Å². The van der Waals surface area contributed by atoms with Crippen molar-refractivity contribution >= 4 is 15.9 Å². The molecule has 0 radical (unpaired) electrons. The minimum absolute atomic E-state index is 0.879. The van der Waals surface area contributed by atoms with Crippen LogP contribution in [0.15, 0.2) is 35.2 Å². The maximum Gasteiger partial charge on any atom is 0.139 e. The molecule has 0 aliphatic heterocycles. The number of rotatable bonds is 1. The first-order valence-corrected chi connectivity index (χ1v) is 4.68. The van der Waals surface area contributed by atoms with Crippen LogP contribution < -0.4 is 0 Å². The van der Waals surface area contributed by atoms with Crippen molar-refractivity contribution in [2.75, 3.05) is 0 Å². The molecule has 0 bridgehead atoms. The molecule has 0 saturated carbocycles. The van der Waals surface area contributed by atoms with Gasteiger partial charge in [0.2, 0.25) is 0 Å². The number of pyridine rings is 1. The van der Waals surface area contributed by atoms with E-state index in [0.29, 0.717) is 0 Å². The lowest BCUT2D eigenvalue weighted by atomic mass is 10.4. The molecule has 66 valence electrons. The van der Waals surface area contributed by atoms with Crippen LogP contribution >= 0.6 is 15.9 Å². The molecule has 0 atom stereocenters. The first-order valence-electron chi connectivity index (χ1n) is 3.89. The Hall–Kier alpha value is -1.16. The smallest absolute Gasteiger partial charge is 0.139 e. The predicted molar refractivity (Wildman–Crippen MR) is 53.8 cm³/mol. The van der Waals surface area contributed by atoms with Crippen LogP contribution in [-0.4, -0.2) is 14.5 Å². The zero-order valence-corrected chi connectivity index (χ0v) is 8.69. The number of hydrogen-bond donors (Lipinski definition) is 0. The fourth-order valence-corrected chi connectivity index (χ4v) is 1.47. The van der Waals surface area contributed by atoms with E-state index in [2.05, 4.69) is 25.9 Å². The van der Waals surface area contributed by atoms with Gasteiger partial charge < -0.3 is 0 Å². The van der Waals surface area contributed by atoms with Gasteiger partial charge in [-0.1, -0.05) is 15.9 Å². The largest absolute Gasteiger partial charge is 0.288 e. The molecule has 2 aromatic heterocycles. The van der Waals surface area contributed by atoms with Gasteiger partial charge >= 0.3 is 0 Å². The zero-order valence-electron chi connectivity index (χ0n) is 7.11. The SMILES string of the molecule is Cc1nccn1-c1cc(Br)ccn1. The maximum absolute atomic E-state index is 4.24. The van der Waals surface area contributed by atoms with Gasteiger partial charge in [-0.3, -0.25) is 4.57 Å². The molecule has 2 aromatic rings. The van der Waals surface area contributed by atoms with Crippen molar-refractivity contribution in [1.29, 1.82) is 0 Å². The minimum Gasteiger partial charge on any atom is -0.288 e. The molecule has 0 fully saturated rings. The molecule has 4 heteroatoms. The Kier molecular flexibility index (Phi) is 2.14. The van der Waals surface area contributed by atoms with Crippen LogP contribution in [0, 0.1) is 6.92 Å².